The molecule has 5 nitrogen and oxygen atoms in total. The number of carbonyl (C=O) groups is 1. The topological polar surface area (TPSA) is 58.1 Å². The molecule has 0 saturated heterocycles. The Balaban J connectivity index is 2.17. The van der Waals surface area contributed by atoms with Gasteiger partial charge in [-0.05, 0) is 24.6 Å². The number of carbonyl (C=O) groups excluding carboxylic acids is 1. The Morgan fingerprint density at radius 2 is 2.00 bits per heavy atom. The summed E-state index contributed by atoms with van der Waals surface area (Å²) in [6.45, 7) is 2.61. The van der Waals surface area contributed by atoms with Crippen molar-refractivity contribution in [1.29, 1.82) is 0 Å². The molecule has 0 aliphatic rings. The lowest BCUT2D eigenvalue weighted by molar-refractivity contribution is -0.136. The van der Waals surface area contributed by atoms with E-state index in [-0.39, 0.29) is 28.1 Å². The number of hydrogen-bond acceptors (Lipinski definition) is 4. The predicted molar refractivity (Wildman–Crippen MR) is 93.6 cm³/mol. The van der Waals surface area contributed by atoms with E-state index in [2.05, 4.69) is 15.3 Å². The molecule has 1 N–H and O–H groups in total. The minimum atomic E-state index is -4.57. The molecule has 0 radical (unpaired) electrons. The fraction of sp³-hybridized carbons (Fsp3) is 0.353. The molecule has 1 heterocycles. The van der Waals surface area contributed by atoms with Gasteiger partial charge in [0.2, 0.25) is 0 Å². The van der Waals surface area contributed by atoms with Gasteiger partial charge >= 0.3 is 6.18 Å². The van der Waals surface area contributed by atoms with Crippen LogP contribution in [0, 0.1) is 0 Å². The summed E-state index contributed by atoms with van der Waals surface area (Å²) >= 11 is 5.65. The number of hydrogen-bond donors (Lipinski definition) is 1. The molecule has 1 aromatic heterocycles. The van der Waals surface area contributed by atoms with Gasteiger partial charge in [0, 0.05) is 18.6 Å². The molecule has 1 amide bonds. The SMILES string of the molecule is CCCCN(C)C(=O)c1cnc(Nc2ccc(Cl)cc2C(F)(F)F)cn1. The number of rotatable bonds is 6. The monoisotopic (exact) mass is 386 g/mol. The van der Waals surface area contributed by atoms with E-state index in [0.717, 1.165) is 18.9 Å². The van der Waals surface area contributed by atoms with Crippen molar-refractivity contribution in [3.05, 3.63) is 46.9 Å². The molecular weight excluding hydrogens is 369 g/mol. The van der Waals surface area contributed by atoms with E-state index in [0.29, 0.717) is 6.54 Å². The molecule has 2 rings (SSSR count). The number of nitrogens with one attached hydrogen (secondary N) is 1. The molecule has 140 valence electrons. The minimum Gasteiger partial charge on any atom is -0.340 e. The van der Waals surface area contributed by atoms with E-state index in [9.17, 15) is 18.0 Å². The molecule has 0 aliphatic carbocycles. The van der Waals surface area contributed by atoms with E-state index >= 15 is 0 Å². The van der Waals surface area contributed by atoms with Gasteiger partial charge in [-0.2, -0.15) is 13.2 Å². The number of aromatic nitrogens is 2. The standard InChI is InChI=1S/C17H18ClF3N4O/c1-3-4-7-25(2)16(26)14-9-23-15(10-22-14)24-13-6-5-11(18)8-12(13)17(19,20)21/h5-6,8-10H,3-4,7H2,1-2H3,(H,23,24). The van der Waals surface area contributed by atoms with Crippen LogP contribution in [0.5, 0.6) is 0 Å². The molecule has 0 atom stereocenters. The molecule has 0 saturated carbocycles. The molecule has 0 bridgehead atoms. The molecule has 0 aliphatic heterocycles. The van der Waals surface area contributed by atoms with Crippen LogP contribution in [-0.2, 0) is 6.18 Å². The second-order valence-corrected chi connectivity index (χ2v) is 6.12. The smallest absolute Gasteiger partial charge is 0.340 e. The molecular formula is C17H18ClF3N4O. The zero-order valence-electron chi connectivity index (χ0n) is 14.3. The summed E-state index contributed by atoms with van der Waals surface area (Å²) in [7, 11) is 1.66. The number of alkyl halides is 3. The van der Waals surface area contributed by atoms with Gasteiger partial charge in [0.25, 0.3) is 5.91 Å². The summed E-state index contributed by atoms with van der Waals surface area (Å²) in [6, 6.07) is 3.38. The van der Waals surface area contributed by atoms with Gasteiger partial charge < -0.3 is 10.2 Å². The van der Waals surface area contributed by atoms with Gasteiger partial charge in [-0.15, -0.1) is 0 Å². The zero-order chi connectivity index (χ0) is 19.3. The predicted octanol–water partition coefficient (Wildman–Crippen LogP) is 4.76. The molecule has 1 aromatic carbocycles. The van der Waals surface area contributed by atoms with E-state index in [1.54, 1.807) is 7.05 Å². The number of unbranched alkanes of at least 4 members (excludes halogenated alkanes) is 1. The van der Waals surface area contributed by atoms with Gasteiger partial charge in [0.1, 0.15) is 11.5 Å². The second kappa shape index (κ2) is 8.35. The summed E-state index contributed by atoms with van der Waals surface area (Å²) in [6.07, 6.45) is -0.300. The van der Waals surface area contributed by atoms with Gasteiger partial charge in [-0.25, -0.2) is 9.97 Å². The van der Waals surface area contributed by atoms with E-state index in [1.807, 2.05) is 6.92 Å². The highest BCUT2D eigenvalue weighted by molar-refractivity contribution is 6.30. The third kappa shape index (κ3) is 5.08. The van der Waals surface area contributed by atoms with Crippen LogP contribution in [0.2, 0.25) is 5.02 Å². The highest BCUT2D eigenvalue weighted by Gasteiger charge is 2.34. The number of nitrogens with zero attached hydrogens (tertiary/aromatic N) is 3. The Kier molecular flexibility index (Phi) is 6.42. The van der Waals surface area contributed by atoms with Crippen LogP contribution in [0.3, 0.4) is 0 Å². The highest BCUT2D eigenvalue weighted by Crippen LogP contribution is 2.37. The summed E-state index contributed by atoms with van der Waals surface area (Å²) in [5, 5.41) is 2.54. The molecule has 9 heteroatoms. The number of benzene rings is 1. The Morgan fingerprint density at radius 3 is 2.58 bits per heavy atom. The average molecular weight is 387 g/mol. The van der Waals surface area contributed by atoms with E-state index < -0.39 is 11.7 Å². The maximum Gasteiger partial charge on any atom is 0.418 e. The van der Waals surface area contributed by atoms with Crippen LogP contribution < -0.4 is 5.32 Å². The van der Waals surface area contributed by atoms with Crippen molar-refractivity contribution in [1.82, 2.24) is 14.9 Å². The van der Waals surface area contributed by atoms with Crippen LogP contribution in [-0.4, -0.2) is 34.4 Å². The first-order valence-electron chi connectivity index (χ1n) is 7.93. The van der Waals surface area contributed by atoms with Crippen LogP contribution in [0.15, 0.2) is 30.6 Å². The Morgan fingerprint density at radius 1 is 1.27 bits per heavy atom. The third-order valence-corrected chi connectivity index (χ3v) is 3.85. The maximum absolute atomic E-state index is 13.1. The van der Waals surface area contributed by atoms with Gasteiger partial charge in [0.05, 0.1) is 23.6 Å². The third-order valence-electron chi connectivity index (χ3n) is 3.61. The molecule has 0 fully saturated rings. The van der Waals surface area contributed by atoms with Crippen LogP contribution in [0.25, 0.3) is 0 Å². The average Bonchev–Trinajstić information content (AvgIpc) is 2.60. The molecule has 0 unspecified atom stereocenters. The lowest BCUT2D eigenvalue weighted by atomic mass is 10.1. The van der Waals surface area contributed by atoms with Gasteiger partial charge in [-0.1, -0.05) is 24.9 Å². The first kappa shape index (κ1) is 20.0. The van der Waals surface area contributed by atoms with Crippen molar-refractivity contribution in [2.75, 3.05) is 18.9 Å². The van der Waals surface area contributed by atoms with Crippen molar-refractivity contribution in [2.24, 2.45) is 0 Å². The first-order chi connectivity index (χ1) is 12.2. The van der Waals surface area contributed by atoms with Crippen molar-refractivity contribution in [2.45, 2.75) is 25.9 Å². The maximum atomic E-state index is 13.1. The summed E-state index contributed by atoms with van der Waals surface area (Å²) < 4.78 is 39.3. The lowest BCUT2D eigenvalue weighted by Crippen LogP contribution is -2.28. The summed E-state index contributed by atoms with van der Waals surface area (Å²) in [5.74, 6) is -0.203. The fourth-order valence-corrected chi connectivity index (χ4v) is 2.37. The summed E-state index contributed by atoms with van der Waals surface area (Å²) in [5.41, 5.74) is -0.983. The van der Waals surface area contributed by atoms with Crippen molar-refractivity contribution < 1.29 is 18.0 Å². The Labute approximate surface area is 154 Å². The summed E-state index contributed by atoms with van der Waals surface area (Å²) in [4.78, 5) is 21.7. The van der Waals surface area contributed by atoms with Crippen molar-refractivity contribution in [3.63, 3.8) is 0 Å². The van der Waals surface area contributed by atoms with E-state index in [1.165, 1.54) is 29.4 Å². The normalized spacial score (nSPS) is 11.3. The number of halogens is 4. The molecule has 0 spiro atoms. The van der Waals surface area contributed by atoms with Crippen molar-refractivity contribution in [3.8, 4) is 0 Å². The molecule has 2 aromatic rings. The van der Waals surface area contributed by atoms with Gasteiger partial charge in [-0.3, -0.25) is 4.79 Å². The van der Waals surface area contributed by atoms with E-state index in [4.69, 9.17) is 11.6 Å². The second-order valence-electron chi connectivity index (χ2n) is 5.68. The fourth-order valence-electron chi connectivity index (χ4n) is 2.19. The largest absolute Gasteiger partial charge is 0.418 e. The minimum absolute atomic E-state index is 0.0231. The number of anilines is 2. The van der Waals surface area contributed by atoms with Gasteiger partial charge in [0.15, 0.2) is 0 Å². The Hall–Kier alpha value is -2.35. The van der Waals surface area contributed by atoms with Crippen molar-refractivity contribution >= 4 is 29.0 Å². The van der Waals surface area contributed by atoms with Crippen LogP contribution in [0.1, 0.15) is 35.8 Å². The van der Waals surface area contributed by atoms with Crippen LogP contribution in [0.4, 0.5) is 24.7 Å². The first-order valence-corrected chi connectivity index (χ1v) is 8.31. The zero-order valence-corrected chi connectivity index (χ0v) is 15.0. The number of amides is 1. The lowest BCUT2D eigenvalue weighted by Gasteiger charge is -2.16. The van der Waals surface area contributed by atoms with Crippen LogP contribution >= 0.6 is 11.6 Å². The highest BCUT2D eigenvalue weighted by atomic mass is 35.5. The Bertz CT molecular complexity index is 766. The molecule has 26 heavy (non-hydrogen) atoms. The quantitative estimate of drug-likeness (QED) is 0.777.